The Labute approximate surface area is 212 Å². The third-order valence-corrected chi connectivity index (χ3v) is 5.66. The number of para-hydroxylation sites is 1. The van der Waals surface area contributed by atoms with E-state index in [1.54, 1.807) is 36.4 Å². The Morgan fingerprint density at radius 3 is 2.08 bits per heavy atom. The average molecular weight is 504 g/mol. The number of ether oxygens (including phenoxy) is 2. The summed E-state index contributed by atoms with van der Waals surface area (Å²) in [7, 11) is 0. The van der Waals surface area contributed by atoms with Crippen molar-refractivity contribution in [2.75, 3.05) is 0 Å². The summed E-state index contributed by atoms with van der Waals surface area (Å²) in [6.07, 6.45) is -4.68. The van der Waals surface area contributed by atoms with E-state index in [0.717, 1.165) is 10.6 Å². The van der Waals surface area contributed by atoms with Gasteiger partial charge >= 0.3 is 6.18 Å². The van der Waals surface area contributed by atoms with E-state index in [-0.39, 0.29) is 24.1 Å². The second kappa shape index (κ2) is 9.97. The molecule has 5 aromatic rings. The highest BCUT2D eigenvalue weighted by Crippen LogP contribution is 2.36. The molecule has 0 aliphatic heterocycles. The Balaban J connectivity index is 1.68. The predicted octanol–water partition coefficient (Wildman–Crippen LogP) is 7.45. The van der Waals surface area contributed by atoms with Gasteiger partial charge in [-0.1, -0.05) is 48.5 Å². The number of aromatic nitrogens is 3. The number of benzene rings is 3. The van der Waals surface area contributed by atoms with E-state index in [0.29, 0.717) is 33.9 Å². The Kier molecular flexibility index (Phi) is 6.56. The minimum absolute atomic E-state index is 0.0195. The first-order valence-electron chi connectivity index (χ1n) is 11.8. The first kappa shape index (κ1) is 24.4. The highest BCUT2D eigenvalue weighted by molar-refractivity contribution is 5.81. The zero-order valence-electron chi connectivity index (χ0n) is 20.2. The molecule has 0 aliphatic rings. The van der Waals surface area contributed by atoms with E-state index in [1.807, 2.05) is 62.4 Å². The number of fused-ring (bicyclic) bond motifs is 1. The minimum Gasteiger partial charge on any atom is -0.491 e. The Bertz CT molecular complexity index is 1500. The lowest BCUT2D eigenvalue weighted by molar-refractivity contribution is -0.142. The lowest BCUT2D eigenvalue weighted by Crippen LogP contribution is -2.14. The van der Waals surface area contributed by atoms with Crippen LogP contribution in [0.5, 0.6) is 11.5 Å². The molecule has 0 spiro atoms. The normalized spacial score (nSPS) is 11.7. The van der Waals surface area contributed by atoms with Crippen molar-refractivity contribution in [2.45, 2.75) is 32.7 Å². The van der Waals surface area contributed by atoms with Crippen LogP contribution in [0.1, 0.15) is 25.2 Å². The summed E-state index contributed by atoms with van der Waals surface area (Å²) in [6, 6.07) is 26.1. The summed E-state index contributed by atoms with van der Waals surface area (Å²) in [5, 5.41) is 4.34. The van der Waals surface area contributed by atoms with Crippen LogP contribution in [0.3, 0.4) is 0 Å². The minimum atomic E-state index is -4.66. The van der Waals surface area contributed by atoms with Crippen LogP contribution in [0, 0.1) is 0 Å². The van der Waals surface area contributed by atoms with Gasteiger partial charge in [0.1, 0.15) is 23.8 Å². The van der Waals surface area contributed by atoms with Crippen molar-refractivity contribution in [1.29, 1.82) is 0 Å². The second-order valence-electron chi connectivity index (χ2n) is 8.74. The van der Waals surface area contributed by atoms with E-state index in [9.17, 15) is 13.2 Å². The van der Waals surface area contributed by atoms with Crippen molar-refractivity contribution in [3.63, 3.8) is 0 Å². The molecule has 8 heteroatoms. The van der Waals surface area contributed by atoms with Gasteiger partial charge in [0, 0.05) is 5.56 Å². The van der Waals surface area contributed by atoms with Crippen molar-refractivity contribution < 1.29 is 22.6 Å². The molecule has 0 bridgehead atoms. The molecule has 0 saturated heterocycles. The maximum Gasteiger partial charge on any atom is 0.433 e. The molecule has 0 fully saturated rings. The van der Waals surface area contributed by atoms with Crippen LogP contribution in [0.15, 0.2) is 91.0 Å². The fourth-order valence-corrected chi connectivity index (χ4v) is 4.06. The highest BCUT2D eigenvalue weighted by atomic mass is 19.4. The summed E-state index contributed by atoms with van der Waals surface area (Å²) in [4.78, 5) is 4.67. The van der Waals surface area contributed by atoms with Gasteiger partial charge in [-0.05, 0) is 61.9 Å². The SMILES string of the molecule is CC(C)Oc1ccc(-c2cc(C(F)(F)F)n3nc(COc4ccccc4)c(-c4ccccc4)c3n2)cc1. The van der Waals surface area contributed by atoms with Crippen molar-refractivity contribution >= 4 is 5.65 Å². The number of nitrogens with zero attached hydrogens (tertiary/aromatic N) is 3. The molecule has 0 unspecified atom stereocenters. The van der Waals surface area contributed by atoms with E-state index in [1.165, 1.54) is 0 Å². The Hall–Kier alpha value is -4.33. The van der Waals surface area contributed by atoms with Gasteiger partial charge in [0.2, 0.25) is 0 Å². The van der Waals surface area contributed by atoms with Crippen LogP contribution in [0.4, 0.5) is 13.2 Å². The standard InChI is InChI=1S/C29H24F3N3O2/c1-19(2)37-23-15-13-20(14-16-23)24-17-26(29(30,31)32)35-28(33-24)27(21-9-5-3-6-10-21)25(34-35)18-36-22-11-7-4-8-12-22/h3-17,19H,18H2,1-2H3. The molecule has 2 heterocycles. The second-order valence-corrected chi connectivity index (χ2v) is 8.74. The van der Waals surface area contributed by atoms with Crippen molar-refractivity contribution in [1.82, 2.24) is 14.6 Å². The third kappa shape index (κ3) is 5.28. The first-order valence-corrected chi connectivity index (χ1v) is 11.8. The van der Waals surface area contributed by atoms with Gasteiger partial charge in [0.25, 0.3) is 0 Å². The molecule has 0 N–H and O–H groups in total. The molecular weight excluding hydrogens is 479 g/mol. The van der Waals surface area contributed by atoms with Gasteiger partial charge in [-0.2, -0.15) is 18.3 Å². The number of alkyl halides is 3. The molecule has 0 saturated carbocycles. The van der Waals surface area contributed by atoms with Gasteiger partial charge in [-0.3, -0.25) is 0 Å². The van der Waals surface area contributed by atoms with E-state index >= 15 is 0 Å². The summed E-state index contributed by atoms with van der Waals surface area (Å²) in [6.45, 7) is 3.79. The van der Waals surface area contributed by atoms with Crippen molar-refractivity contribution in [3.05, 3.63) is 102 Å². The number of hydrogen-bond acceptors (Lipinski definition) is 4. The van der Waals surface area contributed by atoms with Crippen LogP contribution in [0.2, 0.25) is 0 Å². The number of halogens is 3. The van der Waals surface area contributed by atoms with E-state index in [4.69, 9.17) is 9.47 Å². The van der Waals surface area contributed by atoms with Gasteiger partial charge < -0.3 is 9.47 Å². The molecule has 37 heavy (non-hydrogen) atoms. The van der Waals surface area contributed by atoms with Crippen molar-refractivity contribution in [2.24, 2.45) is 0 Å². The monoisotopic (exact) mass is 503 g/mol. The van der Waals surface area contributed by atoms with Crippen LogP contribution in [-0.4, -0.2) is 20.7 Å². The van der Waals surface area contributed by atoms with Gasteiger partial charge in [-0.15, -0.1) is 0 Å². The van der Waals surface area contributed by atoms with E-state index < -0.39 is 11.9 Å². The maximum absolute atomic E-state index is 14.3. The zero-order valence-corrected chi connectivity index (χ0v) is 20.2. The molecule has 0 amide bonds. The number of rotatable bonds is 7. The summed E-state index contributed by atoms with van der Waals surface area (Å²) < 4.78 is 55.2. The van der Waals surface area contributed by atoms with Crippen molar-refractivity contribution in [3.8, 4) is 33.9 Å². The molecule has 3 aromatic carbocycles. The molecule has 0 aliphatic carbocycles. The van der Waals surface area contributed by atoms with E-state index in [2.05, 4.69) is 10.1 Å². The Morgan fingerprint density at radius 1 is 0.811 bits per heavy atom. The van der Waals surface area contributed by atoms with Gasteiger partial charge in [0.05, 0.1) is 17.4 Å². The summed E-state index contributed by atoms with van der Waals surface area (Å²) >= 11 is 0. The predicted molar refractivity (Wildman–Crippen MR) is 135 cm³/mol. The fraction of sp³-hybridized carbons (Fsp3) is 0.172. The maximum atomic E-state index is 14.3. The topological polar surface area (TPSA) is 48.7 Å². The molecule has 0 radical (unpaired) electrons. The van der Waals surface area contributed by atoms with Crippen LogP contribution in [0.25, 0.3) is 28.0 Å². The fourth-order valence-electron chi connectivity index (χ4n) is 4.06. The smallest absolute Gasteiger partial charge is 0.433 e. The lowest BCUT2D eigenvalue weighted by Gasteiger charge is -2.13. The van der Waals surface area contributed by atoms with Crippen LogP contribution < -0.4 is 9.47 Å². The molecule has 5 rings (SSSR count). The molecule has 2 aromatic heterocycles. The quantitative estimate of drug-likeness (QED) is 0.231. The van der Waals surface area contributed by atoms with Gasteiger partial charge in [0.15, 0.2) is 11.3 Å². The molecule has 188 valence electrons. The third-order valence-electron chi connectivity index (χ3n) is 5.66. The van der Waals surface area contributed by atoms with Crippen LogP contribution in [-0.2, 0) is 12.8 Å². The highest BCUT2D eigenvalue weighted by Gasteiger charge is 2.36. The summed E-state index contributed by atoms with van der Waals surface area (Å²) in [5.74, 6) is 1.22. The molecule has 5 nitrogen and oxygen atoms in total. The average Bonchev–Trinajstić information content (AvgIpc) is 3.26. The largest absolute Gasteiger partial charge is 0.491 e. The van der Waals surface area contributed by atoms with Gasteiger partial charge in [-0.25, -0.2) is 9.50 Å². The molecular formula is C29H24F3N3O2. The summed E-state index contributed by atoms with van der Waals surface area (Å²) in [5.41, 5.74) is 1.44. The first-order chi connectivity index (χ1) is 17.8. The number of hydrogen-bond donors (Lipinski definition) is 0. The molecule has 0 atom stereocenters. The lowest BCUT2D eigenvalue weighted by atomic mass is 10.1. The van der Waals surface area contributed by atoms with Crippen LogP contribution >= 0.6 is 0 Å². The Morgan fingerprint density at radius 2 is 1.46 bits per heavy atom. The zero-order chi connectivity index (χ0) is 26.0.